The third-order valence-corrected chi connectivity index (χ3v) is 4.28. The molecule has 1 N–H and O–H groups in total. The first-order valence-electron chi connectivity index (χ1n) is 7.79. The number of anilines is 1. The molecule has 0 spiro atoms. The predicted octanol–water partition coefficient (Wildman–Crippen LogP) is 4.85. The monoisotopic (exact) mass is 307 g/mol. The van der Waals surface area contributed by atoms with E-state index in [0.29, 0.717) is 6.42 Å². The third kappa shape index (κ3) is 3.00. The average molecular weight is 307 g/mol. The zero-order chi connectivity index (χ0) is 16.6. The molecular weight excluding hydrogens is 286 g/mol. The smallest absolute Gasteiger partial charge is 0.228 e. The molecule has 1 aromatic heterocycles. The fourth-order valence-electron chi connectivity index (χ4n) is 3.02. The predicted molar refractivity (Wildman–Crippen MR) is 93.9 cm³/mol. The van der Waals surface area contributed by atoms with E-state index in [1.165, 1.54) is 5.56 Å². The Morgan fingerprint density at radius 2 is 1.87 bits per heavy atom. The Morgan fingerprint density at radius 1 is 1.09 bits per heavy atom. The molecule has 0 radical (unpaired) electrons. The SMILES string of the molecule is Cc1cccc(NC(=O)Cc2coc3c(C)c(C)cc(C)c23)c1. The number of amides is 1. The highest BCUT2D eigenvalue weighted by molar-refractivity contribution is 5.96. The van der Waals surface area contributed by atoms with E-state index in [2.05, 4.69) is 32.2 Å². The van der Waals surface area contributed by atoms with Crippen LogP contribution in [0, 0.1) is 27.7 Å². The van der Waals surface area contributed by atoms with Crippen LogP contribution in [0.2, 0.25) is 0 Å². The summed E-state index contributed by atoms with van der Waals surface area (Å²) in [5.74, 6) is -0.0315. The van der Waals surface area contributed by atoms with Gasteiger partial charge < -0.3 is 9.73 Å². The highest BCUT2D eigenvalue weighted by Crippen LogP contribution is 2.30. The number of fused-ring (bicyclic) bond motifs is 1. The second kappa shape index (κ2) is 5.92. The molecule has 0 fully saturated rings. The molecule has 0 bridgehead atoms. The molecule has 3 aromatic rings. The molecule has 1 amide bonds. The maximum absolute atomic E-state index is 12.3. The van der Waals surface area contributed by atoms with Gasteiger partial charge in [0.15, 0.2) is 0 Å². The van der Waals surface area contributed by atoms with Gasteiger partial charge in [-0.05, 0) is 62.1 Å². The minimum atomic E-state index is -0.0315. The molecule has 1 heterocycles. The Morgan fingerprint density at radius 3 is 2.61 bits per heavy atom. The van der Waals surface area contributed by atoms with Crippen LogP contribution >= 0.6 is 0 Å². The summed E-state index contributed by atoms with van der Waals surface area (Å²) in [4.78, 5) is 12.3. The van der Waals surface area contributed by atoms with E-state index >= 15 is 0 Å². The van der Waals surface area contributed by atoms with Crippen LogP contribution in [0.4, 0.5) is 5.69 Å². The van der Waals surface area contributed by atoms with Crippen molar-refractivity contribution >= 4 is 22.6 Å². The van der Waals surface area contributed by atoms with Gasteiger partial charge in [0.05, 0.1) is 12.7 Å². The lowest BCUT2D eigenvalue weighted by molar-refractivity contribution is -0.115. The third-order valence-electron chi connectivity index (χ3n) is 4.28. The van der Waals surface area contributed by atoms with Gasteiger partial charge in [-0.3, -0.25) is 4.79 Å². The maximum atomic E-state index is 12.3. The first-order chi connectivity index (χ1) is 11.0. The van der Waals surface area contributed by atoms with Crippen LogP contribution in [0.15, 0.2) is 41.0 Å². The number of aryl methyl sites for hydroxylation is 4. The molecular formula is C20H21NO2. The van der Waals surface area contributed by atoms with Gasteiger partial charge in [0.2, 0.25) is 5.91 Å². The number of benzene rings is 2. The lowest BCUT2D eigenvalue weighted by Crippen LogP contribution is -2.14. The first kappa shape index (κ1) is 15.3. The lowest BCUT2D eigenvalue weighted by atomic mass is 9.99. The van der Waals surface area contributed by atoms with Crippen LogP contribution in [-0.2, 0) is 11.2 Å². The van der Waals surface area contributed by atoms with E-state index in [9.17, 15) is 4.79 Å². The second-order valence-corrected chi connectivity index (χ2v) is 6.19. The molecule has 3 heteroatoms. The van der Waals surface area contributed by atoms with E-state index in [4.69, 9.17) is 4.42 Å². The van der Waals surface area contributed by atoms with Gasteiger partial charge in [-0.2, -0.15) is 0 Å². The molecule has 3 nitrogen and oxygen atoms in total. The fourth-order valence-corrected chi connectivity index (χ4v) is 3.02. The van der Waals surface area contributed by atoms with Crippen LogP contribution in [0.3, 0.4) is 0 Å². The van der Waals surface area contributed by atoms with Crippen molar-refractivity contribution in [1.82, 2.24) is 0 Å². The Labute approximate surface area is 136 Å². The molecule has 118 valence electrons. The van der Waals surface area contributed by atoms with Crippen LogP contribution < -0.4 is 5.32 Å². The van der Waals surface area contributed by atoms with E-state index in [1.54, 1.807) is 6.26 Å². The molecule has 0 unspecified atom stereocenters. The minimum absolute atomic E-state index is 0.0315. The lowest BCUT2D eigenvalue weighted by Gasteiger charge is -2.07. The maximum Gasteiger partial charge on any atom is 0.228 e. The largest absolute Gasteiger partial charge is 0.464 e. The molecule has 0 saturated carbocycles. The zero-order valence-electron chi connectivity index (χ0n) is 14.0. The van der Waals surface area contributed by atoms with Crippen molar-refractivity contribution in [1.29, 1.82) is 0 Å². The molecule has 0 atom stereocenters. The summed E-state index contributed by atoms with van der Waals surface area (Å²) in [6, 6.07) is 9.96. The van der Waals surface area contributed by atoms with Crippen molar-refractivity contribution < 1.29 is 9.21 Å². The van der Waals surface area contributed by atoms with Crippen LogP contribution in [0.25, 0.3) is 11.0 Å². The summed E-state index contributed by atoms with van der Waals surface area (Å²) in [6.07, 6.45) is 2.02. The molecule has 0 saturated heterocycles. The van der Waals surface area contributed by atoms with Crippen LogP contribution in [0.1, 0.15) is 27.8 Å². The average Bonchev–Trinajstić information content (AvgIpc) is 2.89. The van der Waals surface area contributed by atoms with Crippen molar-refractivity contribution in [2.24, 2.45) is 0 Å². The zero-order valence-corrected chi connectivity index (χ0v) is 14.0. The van der Waals surface area contributed by atoms with Gasteiger partial charge in [-0.1, -0.05) is 18.2 Å². The number of carbonyl (C=O) groups is 1. The van der Waals surface area contributed by atoms with Crippen molar-refractivity contribution in [2.45, 2.75) is 34.1 Å². The van der Waals surface area contributed by atoms with Crippen molar-refractivity contribution in [3.63, 3.8) is 0 Å². The van der Waals surface area contributed by atoms with Crippen molar-refractivity contribution in [2.75, 3.05) is 5.32 Å². The summed E-state index contributed by atoms with van der Waals surface area (Å²) in [5.41, 5.74) is 7.27. The van der Waals surface area contributed by atoms with Crippen molar-refractivity contribution in [3.8, 4) is 0 Å². The van der Waals surface area contributed by atoms with Crippen LogP contribution in [-0.4, -0.2) is 5.91 Å². The van der Waals surface area contributed by atoms with E-state index < -0.39 is 0 Å². The quantitative estimate of drug-likeness (QED) is 0.751. The summed E-state index contributed by atoms with van der Waals surface area (Å²) >= 11 is 0. The molecule has 3 rings (SSSR count). The van der Waals surface area contributed by atoms with Crippen molar-refractivity contribution in [3.05, 3.63) is 64.4 Å². The topological polar surface area (TPSA) is 42.2 Å². The number of carbonyl (C=O) groups excluding carboxylic acids is 1. The van der Waals surface area contributed by atoms with Gasteiger partial charge in [0, 0.05) is 16.6 Å². The van der Waals surface area contributed by atoms with Crippen LogP contribution in [0.5, 0.6) is 0 Å². The Hall–Kier alpha value is -2.55. The summed E-state index contributed by atoms with van der Waals surface area (Å²) < 4.78 is 5.73. The van der Waals surface area contributed by atoms with E-state index in [-0.39, 0.29) is 5.91 Å². The molecule has 2 aromatic carbocycles. The number of nitrogens with one attached hydrogen (secondary N) is 1. The normalized spacial score (nSPS) is 11.0. The van der Waals surface area contributed by atoms with E-state index in [1.807, 2.05) is 31.2 Å². The van der Waals surface area contributed by atoms with E-state index in [0.717, 1.165) is 38.9 Å². The summed E-state index contributed by atoms with van der Waals surface area (Å²) in [6.45, 7) is 8.20. The number of hydrogen-bond donors (Lipinski definition) is 1. The number of hydrogen-bond acceptors (Lipinski definition) is 2. The number of furan rings is 1. The first-order valence-corrected chi connectivity index (χ1v) is 7.79. The Bertz CT molecular complexity index is 890. The summed E-state index contributed by atoms with van der Waals surface area (Å²) in [7, 11) is 0. The molecule has 0 aliphatic carbocycles. The molecule has 0 aliphatic heterocycles. The molecule has 0 aliphatic rings. The van der Waals surface area contributed by atoms with Gasteiger partial charge >= 0.3 is 0 Å². The molecule has 23 heavy (non-hydrogen) atoms. The number of rotatable bonds is 3. The van der Waals surface area contributed by atoms with Gasteiger partial charge in [0.1, 0.15) is 5.58 Å². The van der Waals surface area contributed by atoms with Gasteiger partial charge in [-0.15, -0.1) is 0 Å². The fraction of sp³-hybridized carbons (Fsp3) is 0.250. The minimum Gasteiger partial charge on any atom is -0.464 e. The highest BCUT2D eigenvalue weighted by atomic mass is 16.3. The Kier molecular flexibility index (Phi) is 3.95. The van der Waals surface area contributed by atoms with Gasteiger partial charge in [-0.25, -0.2) is 0 Å². The standard InChI is InChI=1S/C20H21NO2/c1-12-6-5-7-17(8-12)21-18(22)10-16-11-23-20-15(4)13(2)9-14(3)19(16)20/h5-9,11H,10H2,1-4H3,(H,21,22). The highest BCUT2D eigenvalue weighted by Gasteiger charge is 2.15. The van der Waals surface area contributed by atoms with Gasteiger partial charge in [0.25, 0.3) is 0 Å². The Balaban J connectivity index is 1.87. The second-order valence-electron chi connectivity index (χ2n) is 6.19. The summed E-state index contributed by atoms with van der Waals surface area (Å²) in [5, 5.41) is 4.01.